The molecule has 2 heterocycles. The smallest absolute Gasteiger partial charge is 0.314 e. The largest absolute Gasteiger partial charge is 0.469 e. The van der Waals surface area contributed by atoms with Crippen LogP contribution in [-0.2, 0) is 28.5 Å². The van der Waals surface area contributed by atoms with Gasteiger partial charge in [0.15, 0.2) is 11.6 Å². The molecular weight excluding hydrogens is 264 g/mol. The zero-order valence-corrected chi connectivity index (χ0v) is 11.6. The Morgan fingerprint density at radius 3 is 2.25 bits per heavy atom. The fraction of sp³-hybridized carbons (Fsp3) is 0.786. The second-order valence-electron chi connectivity index (χ2n) is 5.33. The predicted molar refractivity (Wildman–Crippen MR) is 67.7 cm³/mol. The van der Waals surface area contributed by atoms with Gasteiger partial charge in [-0.05, 0) is 6.42 Å². The van der Waals surface area contributed by atoms with Gasteiger partial charge in [-0.25, -0.2) is 0 Å². The molecule has 0 bridgehead atoms. The molecule has 3 fully saturated rings. The van der Waals surface area contributed by atoms with Crippen LogP contribution in [0.4, 0.5) is 0 Å². The molecule has 2 spiro atoms. The molecule has 2 atom stereocenters. The highest BCUT2D eigenvalue weighted by atomic mass is 16.8. The van der Waals surface area contributed by atoms with Gasteiger partial charge in [0.1, 0.15) is 5.92 Å². The lowest BCUT2D eigenvalue weighted by molar-refractivity contribution is -0.217. The summed E-state index contributed by atoms with van der Waals surface area (Å²) in [6.07, 6.45) is 2.73. The minimum absolute atomic E-state index is 0.215. The van der Waals surface area contributed by atoms with Gasteiger partial charge in [0.25, 0.3) is 0 Å². The van der Waals surface area contributed by atoms with Gasteiger partial charge < -0.3 is 23.7 Å². The van der Waals surface area contributed by atoms with Crippen LogP contribution < -0.4 is 0 Å². The fourth-order valence-corrected chi connectivity index (χ4v) is 3.65. The number of hydrogen-bond donors (Lipinski definition) is 0. The van der Waals surface area contributed by atoms with Crippen molar-refractivity contribution in [1.29, 1.82) is 0 Å². The third-order valence-electron chi connectivity index (χ3n) is 4.36. The Morgan fingerprint density at radius 1 is 1.20 bits per heavy atom. The quantitative estimate of drug-likeness (QED) is 0.566. The van der Waals surface area contributed by atoms with Gasteiger partial charge in [0, 0.05) is 5.92 Å². The Hall–Kier alpha value is -0.950. The molecule has 1 aliphatic carbocycles. The van der Waals surface area contributed by atoms with Crippen molar-refractivity contribution < 1.29 is 28.5 Å². The first kappa shape index (κ1) is 14.0. The summed E-state index contributed by atoms with van der Waals surface area (Å²) >= 11 is 0. The predicted octanol–water partition coefficient (Wildman–Crippen LogP) is 0.858. The lowest BCUT2D eigenvalue weighted by Crippen LogP contribution is -2.42. The molecule has 3 rings (SSSR count). The molecule has 6 heteroatoms. The first-order chi connectivity index (χ1) is 9.67. The molecule has 2 saturated heterocycles. The molecule has 2 aliphatic heterocycles. The van der Waals surface area contributed by atoms with Crippen LogP contribution in [0.5, 0.6) is 0 Å². The van der Waals surface area contributed by atoms with E-state index in [2.05, 4.69) is 6.58 Å². The third kappa shape index (κ3) is 1.90. The van der Waals surface area contributed by atoms with E-state index in [1.54, 1.807) is 6.08 Å². The van der Waals surface area contributed by atoms with Crippen molar-refractivity contribution >= 4 is 5.97 Å². The van der Waals surface area contributed by atoms with Crippen molar-refractivity contribution in [1.82, 2.24) is 0 Å². The average molecular weight is 284 g/mol. The van der Waals surface area contributed by atoms with E-state index >= 15 is 0 Å². The number of rotatable bonds is 3. The van der Waals surface area contributed by atoms with Crippen LogP contribution in [0, 0.1) is 11.8 Å². The van der Waals surface area contributed by atoms with E-state index in [9.17, 15) is 4.79 Å². The standard InChI is InChI=1S/C14H20O6/c1-3-4-10-11(12(15)16-2)14(19-7-8-20-14)9-13(10)17-5-6-18-13/h3,10-11H,1,4-9H2,2H3/t10-,11+/m1/s1. The molecule has 20 heavy (non-hydrogen) atoms. The summed E-state index contributed by atoms with van der Waals surface area (Å²) < 4.78 is 28.2. The van der Waals surface area contributed by atoms with E-state index in [1.165, 1.54) is 7.11 Å². The van der Waals surface area contributed by atoms with E-state index < -0.39 is 17.5 Å². The number of methoxy groups -OCH3 is 1. The maximum Gasteiger partial charge on any atom is 0.314 e. The first-order valence-electron chi connectivity index (χ1n) is 6.92. The Bertz CT molecular complexity index is 394. The highest BCUT2D eigenvalue weighted by Gasteiger charge is 2.69. The van der Waals surface area contributed by atoms with E-state index in [-0.39, 0.29) is 11.9 Å². The summed E-state index contributed by atoms with van der Waals surface area (Å²) in [4.78, 5) is 12.3. The monoisotopic (exact) mass is 284 g/mol. The van der Waals surface area contributed by atoms with Gasteiger partial charge in [-0.2, -0.15) is 0 Å². The molecule has 6 nitrogen and oxygen atoms in total. The van der Waals surface area contributed by atoms with Crippen molar-refractivity contribution in [3.8, 4) is 0 Å². The Balaban J connectivity index is 1.99. The summed E-state index contributed by atoms with van der Waals surface area (Å²) in [5.74, 6) is -2.96. The molecule has 0 N–H and O–H groups in total. The minimum Gasteiger partial charge on any atom is -0.469 e. The third-order valence-corrected chi connectivity index (χ3v) is 4.36. The Labute approximate surface area is 118 Å². The molecule has 3 aliphatic rings. The van der Waals surface area contributed by atoms with Crippen LogP contribution in [0.15, 0.2) is 12.7 Å². The molecule has 0 aromatic carbocycles. The van der Waals surface area contributed by atoms with Crippen molar-refractivity contribution in [2.24, 2.45) is 11.8 Å². The highest BCUT2D eigenvalue weighted by Crippen LogP contribution is 2.56. The van der Waals surface area contributed by atoms with Gasteiger partial charge in [-0.1, -0.05) is 6.08 Å². The molecule has 1 saturated carbocycles. The number of hydrogen-bond acceptors (Lipinski definition) is 6. The Kier molecular flexibility index (Phi) is 3.58. The highest BCUT2D eigenvalue weighted by molar-refractivity contribution is 5.75. The number of carbonyl (C=O) groups is 1. The lowest BCUT2D eigenvalue weighted by atomic mass is 9.88. The first-order valence-corrected chi connectivity index (χ1v) is 6.92. The lowest BCUT2D eigenvalue weighted by Gasteiger charge is -2.30. The second kappa shape index (κ2) is 5.11. The van der Waals surface area contributed by atoms with E-state index in [0.29, 0.717) is 39.3 Å². The van der Waals surface area contributed by atoms with Gasteiger partial charge in [0.05, 0.1) is 40.0 Å². The number of allylic oxidation sites excluding steroid dienone is 1. The maximum atomic E-state index is 12.3. The summed E-state index contributed by atoms with van der Waals surface area (Å²) in [5, 5.41) is 0. The molecule has 0 amide bonds. The topological polar surface area (TPSA) is 63.2 Å². The summed E-state index contributed by atoms with van der Waals surface area (Å²) in [7, 11) is 1.37. The van der Waals surface area contributed by atoms with E-state index in [1.807, 2.05) is 0 Å². The second-order valence-corrected chi connectivity index (χ2v) is 5.33. The molecule has 0 radical (unpaired) electrons. The molecule has 112 valence electrons. The minimum atomic E-state index is -0.995. The van der Waals surface area contributed by atoms with E-state index in [4.69, 9.17) is 23.7 Å². The van der Waals surface area contributed by atoms with Crippen molar-refractivity contribution in [3.05, 3.63) is 12.7 Å². The molecular formula is C14H20O6. The molecule has 0 aromatic heterocycles. The maximum absolute atomic E-state index is 12.3. The van der Waals surface area contributed by atoms with Crippen molar-refractivity contribution in [3.63, 3.8) is 0 Å². The average Bonchev–Trinajstić information content (AvgIpc) is 3.14. The zero-order valence-electron chi connectivity index (χ0n) is 11.6. The van der Waals surface area contributed by atoms with Crippen LogP contribution in [0.25, 0.3) is 0 Å². The van der Waals surface area contributed by atoms with Gasteiger partial charge in [0.2, 0.25) is 0 Å². The molecule has 0 aromatic rings. The summed E-state index contributed by atoms with van der Waals surface area (Å²) in [5.41, 5.74) is 0. The van der Waals surface area contributed by atoms with Gasteiger partial charge in [-0.3, -0.25) is 4.79 Å². The van der Waals surface area contributed by atoms with Crippen LogP contribution >= 0.6 is 0 Å². The van der Waals surface area contributed by atoms with Crippen LogP contribution in [0.3, 0.4) is 0 Å². The zero-order chi connectivity index (χ0) is 14.2. The Morgan fingerprint density at radius 2 is 1.75 bits per heavy atom. The fourth-order valence-electron chi connectivity index (χ4n) is 3.65. The number of esters is 1. The van der Waals surface area contributed by atoms with Gasteiger partial charge in [-0.15, -0.1) is 6.58 Å². The number of ether oxygens (including phenoxy) is 5. The SMILES string of the molecule is C=CC[C@@H]1[C@@H](C(=O)OC)C2(CC13OCCO3)OCCO2. The van der Waals surface area contributed by atoms with Crippen LogP contribution in [0.1, 0.15) is 12.8 Å². The van der Waals surface area contributed by atoms with Gasteiger partial charge >= 0.3 is 5.97 Å². The van der Waals surface area contributed by atoms with Crippen molar-refractivity contribution in [2.75, 3.05) is 33.5 Å². The normalized spacial score (nSPS) is 33.9. The van der Waals surface area contributed by atoms with Crippen LogP contribution in [-0.4, -0.2) is 51.1 Å². The van der Waals surface area contributed by atoms with Crippen molar-refractivity contribution in [2.45, 2.75) is 24.4 Å². The summed E-state index contributed by atoms with van der Waals surface area (Å²) in [6.45, 7) is 5.72. The van der Waals surface area contributed by atoms with Crippen LogP contribution in [0.2, 0.25) is 0 Å². The number of carbonyl (C=O) groups excluding carboxylic acids is 1. The van der Waals surface area contributed by atoms with E-state index in [0.717, 1.165) is 0 Å². The summed E-state index contributed by atoms with van der Waals surface area (Å²) in [6, 6.07) is 0. The molecule has 0 unspecified atom stereocenters.